The second-order valence-electron chi connectivity index (χ2n) is 7.17. The largest absolute Gasteiger partial charge is 0.352 e. The van der Waals surface area contributed by atoms with Gasteiger partial charge in [0.05, 0.1) is 6.33 Å². The van der Waals surface area contributed by atoms with Gasteiger partial charge in [-0.3, -0.25) is 4.79 Å². The number of aromatic nitrogens is 2. The van der Waals surface area contributed by atoms with Crippen LogP contribution in [0.3, 0.4) is 0 Å². The number of carbonyl (C=O) groups excluding carboxylic acids is 1. The van der Waals surface area contributed by atoms with E-state index in [2.05, 4.69) is 46.8 Å². The zero-order valence-corrected chi connectivity index (χ0v) is 15.1. The summed E-state index contributed by atoms with van der Waals surface area (Å²) >= 11 is 0. The number of imidazole rings is 1. The second kappa shape index (κ2) is 7.83. The first-order valence-electron chi connectivity index (χ1n) is 9.17. The molecule has 1 amide bonds. The van der Waals surface area contributed by atoms with E-state index in [1.165, 1.54) is 18.4 Å². The normalized spacial score (nSPS) is 18.6. The summed E-state index contributed by atoms with van der Waals surface area (Å²) in [7, 11) is 0. The highest BCUT2D eigenvalue weighted by Crippen LogP contribution is 2.32. The van der Waals surface area contributed by atoms with E-state index >= 15 is 0 Å². The van der Waals surface area contributed by atoms with Gasteiger partial charge in [-0.15, -0.1) is 0 Å². The SMILES string of the molecule is C[C@H](NC1(CNC(=O)[C@H](C)n2ccnc2)CCCC1)c1ccccc1. The van der Waals surface area contributed by atoms with Crippen LogP contribution in [0.5, 0.6) is 0 Å². The van der Waals surface area contributed by atoms with Gasteiger partial charge in [0.25, 0.3) is 0 Å². The van der Waals surface area contributed by atoms with Crippen molar-refractivity contribution in [3.8, 4) is 0 Å². The molecule has 2 atom stereocenters. The Morgan fingerprint density at radius 2 is 1.96 bits per heavy atom. The first kappa shape index (κ1) is 17.7. The van der Waals surface area contributed by atoms with Gasteiger partial charge in [0, 0.05) is 30.5 Å². The van der Waals surface area contributed by atoms with E-state index in [4.69, 9.17) is 0 Å². The average Bonchev–Trinajstić information content (AvgIpc) is 3.32. The van der Waals surface area contributed by atoms with Gasteiger partial charge < -0.3 is 15.2 Å². The molecule has 1 saturated carbocycles. The van der Waals surface area contributed by atoms with Crippen molar-refractivity contribution in [1.29, 1.82) is 0 Å². The molecule has 1 aromatic carbocycles. The minimum atomic E-state index is -0.243. The first-order chi connectivity index (χ1) is 12.1. The molecule has 2 aromatic rings. The van der Waals surface area contributed by atoms with Crippen molar-refractivity contribution in [2.75, 3.05) is 6.54 Å². The van der Waals surface area contributed by atoms with Crippen LogP contribution in [0.25, 0.3) is 0 Å². The maximum absolute atomic E-state index is 12.5. The molecular weight excluding hydrogens is 312 g/mol. The number of hydrogen-bond donors (Lipinski definition) is 2. The lowest BCUT2D eigenvalue weighted by Gasteiger charge is -2.34. The molecule has 1 fully saturated rings. The van der Waals surface area contributed by atoms with E-state index in [1.807, 2.05) is 23.8 Å². The number of amides is 1. The third kappa shape index (κ3) is 4.28. The molecule has 1 aliphatic rings. The molecule has 0 spiro atoms. The molecule has 0 bridgehead atoms. The fourth-order valence-corrected chi connectivity index (χ4v) is 3.75. The number of nitrogens with zero attached hydrogens (tertiary/aromatic N) is 2. The Labute approximate surface area is 149 Å². The van der Waals surface area contributed by atoms with Crippen molar-refractivity contribution in [3.63, 3.8) is 0 Å². The summed E-state index contributed by atoms with van der Waals surface area (Å²) in [5.41, 5.74) is 1.27. The van der Waals surface area contributed by atoms with E-state index < -0.39 is 0 Å². The van der Waals surface area contributed by atoms with Crippen LogP contribution in [0.1, 0.15) is 57.2 Å². The van der Waals surface area contributed by atoms with Gasteiger partial charge in [-0.25, -0.2) is 4.98 Å². The van der Waals surface area contributed by atoms with Gasteiger partial charge in [0.2, 0.25) is 5.91 Å². The minimum Gasteiger partial charge on any atom is -0.352 e. The predicted molar refractivity (Wildman–Crippen MR) is 99.1 cm³/mol. The summed E-state index contributed by atoms with van der Waals surface area (Å²) in [6.07, 6.45) is 9.83. The van der Waals surface area contributed by atoms with Crippen LogP contribution in [0, 0.1) is 0 Å². The molecule has 3 rings (SSSR count). The molecule has 1 aliphatic carbocycles. The van der Waals surface area contributed by atoms with Gasteiger partial charge in [0.1, 0.15) is 6.04 Å². The highest BCUT2D eigenvalue weighted by atomic mass is 16.2. The Morgan fingerprint density at radius 3 is 2.60 bits per heavy atom. The summed E-state index contributed by atoms with van der Waals surface area (Å²) < 4.78 is 1.83. The highest BCUT2D eigenvalue weighted by molar-refractivity contribution is 5.79. The van der Waals surface area contributed by atoms with E-state index in [-0.39, 0.29) is 23.5 Å². The lowest BCUT2D eigenvalue weighted by atomic mass is 9.94. The highest BCUT2D eigenvalue weighted by Gasteiger charge is 2.35. The molecule has 0 aliphatic heterocycles. The van der Waals surface area contributed by atoms with E-state index in [0.29, 0.717) is 6.54 Å². The standard InChI is InChI=1S/C20H28N4O/c1-16(18-8-4-3-5-9-18)23-20(10-6-7-11-20)14-22-19(25)17(2)24-13-12-21-15-24/h3-5,8-9,12-13,15-17,23H,6-7,10-11,14H2,1-2H3,(H,22,25)/t16-,17-/m0/s1. The summed E-state index contributed by atoms with van der Waals surface area (Å²) in [5, 5.41) is 6.96. The zero-order chi connectivity index (χ0) is 17.7. The fourth-order valence-electron chi connectivity index (χ4n) is 3.75. The van der Waals surface area contributed by atoms with Gasteiger partial charge in [-0.1, -0.05) is 43.2 Å². The smallest absolute Gasteiger partial charge is 0.242 e. The van der Waals surface area contributed by atoms with E-state index in [1.54, 1.807) is 12.5 Å². The zero-order valence-electron chi connectivity index (χ0n) is 15.1. The average molecular weight is 340 g/mol. The summed E-state index contributed by atoms with van der Waals surface area (Å²) in [6, 6.07) is 10.5. The third-order valence-electron chi connectivity index (χ3n) is 5.34. The molecule has 2 N–H and O–H groups in total. The summed E-state index contributed by atoms with van der Waals surface area (Å²) in [4.78, 5) is 16.5. The first-order valence-corrected chi connectivity index (χ1v) is 9.17. The maximum atomic E-state index is 12.5. The molecule has 1 aromatic heterocycles. The number of rotatable bonds is 7. The summed E-state index contributed by atoms with van der Waals surface area (Å²) in [5.74, 6) is 0.0402. The summed E-state index contributed by atoms with van der Waals surface area (Å²) in [6.45, 7) is 4.77. The van der Waals surface area contributed by atoms with Crippen LogP contribution in [0.2, 0.25) is 0 Å². The molecule has 0 radical (unpaired) electrons. The van der Waals surface area contributed by atoms with Gasteiger partial charge in [-0.05, 0) is 32.3 Å². The Morgan fingerprint density at radius 1 is 1.24 bits per heavy atom. The lowest BCUT2D eigenvalue weighted by molar-refractivity contribution is -0.124. The molecular formula is C20H28N4O. The number of benzene rings is 1. The predicted octanol–water partition coefficient (Wildman–Crippen LogP) is 3.22. The maximum Gasteiger partial charge on any atom is 0.242 e. The van der Waals surface area contributed by atoms with E-state index in [0.717, 1.165) is 12.8 Å². The van der Waals surface area contributed by atoms with Crippen LogP contribution in [-0.4, -0.2) is 27.5 Å². The van der Waals surface area contributed by atoms with Crippen molar-refractivity contribution < 1.29 is 4.79 Å². The Hall–Kier alpha value is -2.14. The molecule has 1 heterocycles. The molecule has 5 heteroatoms. The van der Waals surface area contributed by atoms with Crippen LogP contribution in [0.4, 0.5) is 0 Å². The second-order valence-corrected chi connectivity index (χ2v) is 7.17. The van der Waals surface area contributed by atoms with Crippen molar-refractivity contribution in [2.45, 2.75) is 57.2 Å². The monoisotopic (exact) mass is 340 g/mol. The van der Waals surface area contributed by atoms with Gasteiger partial charge >= 0.3 is 0 Å². The van der Waals surface area contributed by atoms with Gasteiger partial charge in [-0.2, -0.15) is 0 Å². The van der Waals surface area contributed by atoms with Crippen molar-refractivity contribution >= 4 is 5.91 Å². The van der Waals surface area contributed by atoms with Crippen molar-refractivity contribution in [1.82, 2.24) is 20.2 Å². The molecule has 25 heavy (non-hydrogen) atoms. The lowest BCUT2D eigenvalue weighted by Crippen LogP contribution is -2.53. The van der Waals surface area contributed by atoms with Crippen LogP contribution in [-0.2, 0) is 4.79 Å². The fraction of sp³-hybridized carbons (Fsp3) is 0.500. The molecule has 5 nitrogen and oxygen atoms in total. The van der Waals surface area contributed by atoms with Crippen LogP contribution >= 0.6 is 0 Å². The molecule has 0 saturated heterocycles. The Balaban J connectivity index is 1.61. The number of nitrogens with one attached hydrogen (secondary N) is 2. The Bertz CT molecular complexity index is 662. The minimum absolute atomic E-state index is 0.0143. The third-order valence-corrected chi connectivity index (χ3v) is 5.34. The van der Waals surface area contributed by atoms with Crippen LogP contribution in [0.15, 0.2) is 49.1 Å². The van der Waals surface area contributed by atoms with Gasteiger partial charge in [0.15, 0.2) is 0 Å². The number of hydrogen-bond acceptors (Lipinski definition) is 3. The number of carbonyl (C=O) groups is 1. The molecule has 134 valence electrons. The van der Waals surface area contributed by atoms with Crippen molar-refractivity contribution in [2.24, 2.45) is 0 Å². The quantitative estimate of drug-likeness (QED) is 0.813. The van der Waals surface area contributed by atoms with E-state index in [9.17, 15) is 4.79 Å². The molecule has 0 unspecified atom stereocenters. The van der Waals surface area contributed by atoms with Crippen molar-refractivity contribution in [3.05, 3.63) is 54.6 Å². The van der Waals surface area contributed by atoms with Crippen LogP contribution < -0.4 is 10.6 Å². The Kier molecular flexibility index (Phi) is 5.53. The topological polar surface area (TPSA) is 58.9 Å².